The fourth-order valence-electron chi connectivity index (χ4n) is 5.19. The minimum Gasteiger partial charge on any atom is -0.465 e. The Morgan fingerprint density at radius 1 is 1.16 bits per heavy atom. The molecule has 2 aromatic rings. The van der Waals surface area contributed by atoms with Crippen molar-refractivity contribution in [1.29, 1.82) is 5.26 Å². The second-order valence-electron chi connectivity index (χ2n) is 12.9. The summed E-state index contributed by atoms with van der Waals surface area (Å²) in [7, 11) is 0. The highest BCUT2D eigenvalue weighted by Crippen LogP contribution is 2.45. The number of rotatable bonds is 9. The van der Waals surface area contributed by atoms with E-state index < -0.39 is 11.7 Å². The third-order valence-corrected chi connectivity index (χ3v) is 8.37. The molecule has 1 fully saturated rings. The van der Waals surface area contributed by atoms with E-state index in [2.05, 4.69) is 62.8 Å². The Morgan fingerprint density at radius 2 is 1.86 bits per heavy atom. The molecule has 0 radical (unpaired) electrons. The molecule has 238 valence electrons. The van der Waals surface area contributed by atoms with Gasteiger partial charge < -0.3 is 10.2 Å². The molecule has 1 aromatic carbocycles. The van der Waals surface area contributed by atoms with Crippen LogP contribution in [0.3, 0.4) is 0 Å². The molecule has 1 aliphatic rings. The molecular weight excluding hydrogens is 536 g/mol. The quantitative estimate of drug-likeness (QED) is 0.281. The molecule has 2 atom stereocenters. The summed E-state index contributed by atoms with van der Waals surface area (Å²) in [6.45, 7) is 18.9. The van der Waals surface area contributed by atoms with Crippen molar-refractivity contribution in [3.05, 3.63) is 65.1 Å². The molecule has 0 saturated heterocycles. The Bertz CT molecular complexity index is 1180. The molecule has 1 aromatic heterocycles. The molecule has 0 bridgehead atoms. The van der Waals surface area contributed by atoms with Gasteiger partial charge in [0.25, 0.3) is 0 Å². The third kappa shape index (κ3) is 13.3. The normalized spacial score (nSPS) is 17.6. The molecule has 0 aliphatic heterocycles. The number of carboxylic acid groups (broad SMARTS) is 1. The molecule has 7 heteroatoms. The lowest BCUT2D eigenvalue weighted by molar-refractivity contribution is 0.0734. The van der Waals surface area contributed by atoms with E-state index in [4.69, 9.17) is 5.26 Å². The highest BCUT2D eigenvalue weighted by Gasteiger charge is 2.37. The summed E-state index contributed by atoms with van der Waals surface area (Å²) < 4.78 is 0. The number of aromatic nitrogens is 2. The van der Waals surface area contributed by atoms with Gasteiger partial charge in [0.1, 0.15) is 5.60 Å². The molecule has 2 unspecified atom stereocenters. The van der Waals surface area contributed by atoms with Gasteiger partial charge in [0.05, 0.1) is 29.7 Å². The third-order valence-electron chi connectivity index (χ3n) is 8.37. The van der Waals surface area contributed by atoms with Crippen LogP contribution in [-0.4, -0.2) is 32.8 Å². The van der Waals surface area contributed by atoms with Crippen molar-refractivity contribution in [3.8, 4) is 6.07 Å². The minimum atomic E-state index is -1.10. The first-order valence-electron chi connectivity index (χ1n) is 15.8. The highest BCUT2D eigenvalue weighted by atomic mass is 16.4. The first-order chi connectivity index (χ1) is 20.2. The predicted octanol–water partition coefficient (Wildman–Crippen LogP) is 9.36. The number of unbranched alkanes of at least 4 members (excludes halogenated alkanes) is 2. The van der Waals surface area contributed by atoms with Gasteiger partial charge >= 0.3 is 6.09 Å². The standard InChI is InChI=1S/C21H35N3O3.C9H9N.C6H12/c1-6-7-8-16-11-15(9-10-20(16,2)3)14-24(19(25)26)18-13-22-17(12-23-18)21(4,5)27;1-7-3-4-9(6-10)5-8(7)2;1-3-5-6-4-2/h12-13,15-16,27H,6-11,14H2,1-5H3,(H,25,26);3-5H,1-2H3;3,5H,4,6H2,1-2H3/b;;5-3+. The maximum Gasteiger partial charge on any atom is 0.413 e. The average Bonchev–Trinajstić information content (AvgIpc) is 2.96. The van der Waals surface area contributed by atoms with Gasteiger partial charge in [-0.25, -0.2) is 9.78 Å². The molecule has 1 aliphatic carbocycles. The molecule has 0 spiro atoms. The maximum atomic E-state index is 11.8. The summed E-state index contributed by atoms with van der Waals surface area (Å²) in [6, 6.07) is 7.79. The van der Waals surface area contributed by atoms with E-state index in [1.54, 1.807) is 13.8 Å². The van der Waals surface area contributed by atoms with Gasteiger partial charge in [-0.3, -0.25) is 9.88 Å². The van der Waals surface area contributed by atoms with Gasteiger partial charge in [0, 0.05) is 6.54 Å². The summed E-state index contributed by atoms with van der Waals surface area (Å²) in [5.74, 6) is 1.30. The van der Waals surface area contributed by atoms with Crippen LogP contribution in [0.1, 0.15) is 122 Å². The number of hydrogen-bond donors (Lipinski definition) is 2. The van der Waals surface area contributed by atoms with Gasteiger partial charge in [-0.05, 0) is 107 Å². The topological polar surface area (TPSA) is 110 Å². The number of nitriles is 1. The SMILES string of the molecule is C/C=C/CCC.CCCCC1CC(CN(C(=O)O)c2cnc(C(C)(C)O)cn2)CCC1(C)C.Cc1ccc(C#N)cc1C. The van der Waals surface area contributed by atoms with Crippen LogP contribution in [0.2, 0.25) is 0 Å². The number of amides is 1. The van der Waals surface area contributed by atoms with E-state index in [9.17, 15) is 15.0 Å². The van der Waals surface area contributed by atoms with E-state index in [1.807, 2.05) is 32.0 Å². The second-order valence-corrected chi connectivity index (χ2v) is 12.9. The van der Waals surface area contributed by atoms with Crippen LogP contribution in [0.5, 0.6) is 0 Å². The molecule has 2 N–H and O–H groups in total. The van der Waals surface area contributed by atoms with Crippen LogP contribution in [0, 0.1) is 42.4 Å². The van der Waals surface area contributed by atoms with E-state index >= 15 is 0 Å². The van der Waals surface area contributed by atoms with E-state index in [1.165, 1.54) is 60.5 Å². The Hall–Kier alpha value is -3.24. The lowest BCUT2D eigenvalue weighted by Crippen LogP contribution is -2.40. The van der Waals surface area contributed by atoms with E-state index in [0.717, 1.165) is 24.8 Å². The van der Waals surface area contributed by atoms with Crippen molar-refractivity contribution in [2.75, 3.05) is 11.4 Å². The van der Waals surface area contributed by atoms with Crippen molar-refractivity contribution in [2.24, 2.45) is 17.3 Å². The van der Waals surface area contributed by atoms with Crippen LogP contribution in [0.4, 0.5) is 10.6 Å². The van der Waals surface area contributed by atoms with E-state index in [-0.39, 0.29) is 0 Å². The van der Waals surface area contributed by atoms with Crippen LogP contribution in [0.25, 0.3) is 0 Å². The first-order valence-corrected chi connectivity index (χ1v) is 15.8. The summed E-state index contributed by atoms with van der Waals surface area (Å²) in [4.78, 5) is 21.6. The maximum absolute atomic E-state index is 11.8. The number of hydrogen-bond acceptors (Lipinski definition) is 5. The highest BCUT2D eigenvalue weighted by molar-refractivity contribution is 5.84. The Kier molecular flexibility index (Phi) is 16.2. The number of carbonyl (C=O) groups is 1. The van der Waals surface area contributed by atoms with Crippen molar-refractivity contribution < 1.29 is 15.0 Å². The van der Waals surface area contributed by atoms with Gasteiger partial charge in [0.15, 0.2) is 5.82 Å². The summed E-state index contributed by atoms with van der Waals surface area (Å²) >= 11 is 0. The molecule has 1 heterocycles. The molecule has 43 heavy (non-hydrogen) atoms. The molecule has 7 nitrogen and oxygen atoms in total. The largest absolute Gasteiger partial charge is 0.465 e. The summed E-state index contributed by atoms with van der Waals surface area (Å²) in [5, 5.41) is 28.2. The number of anilines is 1. The smallest absolute Gasteiger partial charge is 0.413 e. The zero-order valence-corrected chi connectivity index (χ0v) is 28.2. The monoisotopic (exact) mass is 592 g/mol. The number of benzene rings is 1. The lowest BCUT2D eigenvalue weighted by Gasteiger charge is -2.43. The molecule has 1 saturated carbocycles. The van der Waals surface area contributed by atoms with Crippen LogP contribution >= 0.6 is 0 Å². The molecule has 3 rings (SSSR count). The predicted molar refractivity (Wildman–Crippen MR) is 177 cm³/mol. The van der Waals surface area contributed by atoms with Gasteiger partial charge in [-0.2, -0.15) is 5.26 Å². The molecular formula is C36H56N4O3. The zero-order chi connectivity index (χ0) is 32.6. The summed E-state index contributed by atoms with van der Waals surface area (Å²) in [6.07, 6.45) is 15.5. The van der Waals surface area contributed by atoms with Gasteiger partial charge in [-0.1, -0.05) is 65.2 Å². The second kappa shape index (κ2) is 18.4. The average molecular weight is 593 g/mol. The number of nitrogens with zero attached hydrogens (tertiary/aromatic N) is 4. The number of allylic oxidation sites excluding steroid dienone is 2. The van der Waals surface area contributed by atoms with Crippen molar-refractivity contribution in [2.45, 2.75) is 119 Å². The van der Waals surface area contributed by atoms with Gasteiger partial charge in [0.2, 0.25) is 0 Å². The van der Waals surface area contributed by atoms with Crippen LogP contribution < -0.4 is 4.90 Å². The van der Waals surface area contributed by atoms with Crippen molar-refractivity contribution in [3.63, 3.8) is 0 Å². The van der Waals surface area contributed by atoms with Crippen LogP contribution in [0.15, 0.2) is 42.7 Å². The Labute approximate surface area is 261 Å². The van der Waals surface area contributed by atoms with Crippen molar-refractivity contribution >= 4 is 11.9 Å². The lowest BCUT2D eigenvalue weighted by atomic mass is 9.64. The first kappa shape index (κ1) is 37.8. The summed E-state index contributed by atoms with van der Waals surface area (Å²) in [5.41, 5.74) is 2.81. The Balaban J connectivity index is 0.000000470. The fourth-order valence-corrected chi connectivity index (χ4v) is 5.19. The number of aliphatic hydroxyl groups is 1. The van der Waals surface area contributed by atoms with Gasteiger partial charge in [-0.15, -0.1) is 0 Å². The minimum absolute atomic E-state index is 0.324. The van der Waals surface area contributed by atoms with Crippen LogP contribution in [-0.2, 0) is 5.60 Å². The Morgan fingerprint density at radius 3 is 2.33 bits per heavy atom. The zero-order valence-electron chi connectivity index (χ0n) is 28.2. The molecule has 1 amide bonds. The van der Waals surface area contributed by atoms with Crippen molar-refractivity contribution in [1.82, 2.24) is 9.97 Å². The fraction of sp³-hybridized carbons (Fsp3) is 0.611. The van der Waals surface area contributed by atoms with E-state index in [0.29, 0.717) is 35.3 Å². The number of aryl methyl sites for hydroxylation is 2.